The number of halogens is 1. The smallest absolute Gasteiger partial charge is 0.137 e. The Labute approximate surface area is 144 Å². The SMILES string of the molecule is CCOc1cc([C@H](C)N[S@@](=O)C(C)(C)C)cc(OCC)c1Br. The Morgan fingerprint density at radius 1 is 1.18 bits per heavy atom. The molecule has 0 aliphatic rings. The number of rotatable bonds is 7. The van der Waals surface area contributed by atoms with Gasteiger partial charge in [0.05, 0.1) is 28.9 Å². The van der Waals surface area contributed by atoms with Crippen molar-refractivity contribution in [2.24, 2.45) is 0 Å². The Bertz CT molecular complexity index is 502. The average Bonchev–Trinajstić information content (AvgIpc) is 2.42. The Morgan fingerprint density at radius 3 is 2.00 bits per heavy atom. The van der Waals surface area contributed by atoms with Crippen molar-refractivity contribution in [3.05, 3.63) is 22.2 Å². The lowest BCUT2D eigenvalue weighted by molar-refractivity contribution is 0.318. The zero-order valence-electron chi connectivity index (χ0n) is 14.2. The molecule has 0 bridgehead atoms. The van der Waals surface area contributed by atoms with Crippen LogP contribution < -0.4 is 14.2 Å². The second-order valence-electron chi connectivity index (χ2n) is 5.92. The molecule has 6 heteroatoms. The van der Waals surface area contributed by atoms with E-state index < -0.39 is 11.0 Å². The first-order chi connectivity index (χ1) is 10.2. The maximum Gasteiger partial charge on any atom is 0.137 e. The lowest BCUT2D eigenvalue weighted by atomic mass is 10.1. The molecule has 0 amide bonds. The van der Waals surface area contributed by atoms with Gasteiger partial charge in [0.1, 0.15) is 16.0 Å². The minimum Gasteiger partial charge on any atom is -0.493 e. The minimum atomic E-state index is -1.14. The molecule has 0 aliphatic heterocycles. The Hall–Kier alpha value is -0.590. The molecule has 0 heterocycles. The molecule has 0 radical (unpaired) electrons. The van der Waals surface area contributed by atoms with E-state index >= 15 is 0 Å². The molecule has 1 N–H and O–H groups in total. The summed E-state index contributed by atoms with van der Waals surface area (Å²) >= 11 is 3.52. The first-order valence-electron chi connectivity index (χ1n) is 7.47. The van der Waals surface area contributed by atoms with Gasteiger partial charge in [-0.2, -0.15) is 0 Å². The van der Waals surface area contributed by atoms with Crippen LogP contribution in [0.4, 0.5) is 0 Å². The van der Waals surface area contributed by atoms with Crippen LogP contribution in [0.3, 0.4) is 0 Å². The van der Waals surface area contributed by atoms with E-state index in [0.717, 1.165) is 21.5 Å². The van der Waals surface area contributed by atoms with Crippen LogP contribution in [-0.2, 0) is 11.0 Å². The van der Waals surface area contributed by atoms with Crippen molar-refractivity contribution in [2.45, 2.75) is 52.3 Å². The molecule has 2 atom stereocenters. The van der Waals surface area contributed by atoms with Gasteiger partial charge in [-0.3, -0.25) is 0 Å². The third-order valence-corrected chi connectivity index (χ3v) is 5.43. The Morgan fingerprint density at radius 2 is 1.64 bits per heavy atom. The Kier molecular flexibility index (Phi) is 7.35. The first-order valence-corrected chi connectivity index (χ1v) is 9.42. The number of hydrogen-bond donors (Lipinski definition) is 1. The van der Waals surface area contributed by atoms with Crippen LogP contribution in [0.25, 0.3) is 0 Å². The number of ether oxygens (including phenoxy) is 2. The van der Waals surface area contributed by atoms with Gasteiger partial charge in [0.25, 0.3) is 0 Å². The lowest BCUT2D eigenvalue weighted by Crippen LogP contribution is -2.34. The molecule has 0 aliphatic carbocycles. The molecule has 0 fully saturated rings. The zero-order valence-corrected chi connectivity index (χ0v) is 16.6. The summed E-state index contributed by atoms with van der Waals surface area (Å²) in [5.41, 5.74) is 0.979. The fourth-order valence-electron chi connectivity index (χ4n) is 1.77. The van der Waals surface area contributed by atoms with E-state index in [2.05, 4.69) is 20.7 Å². The quantitative estimate of drug-likeness (QED) is 0.750. The van der Waals surface area contributed by atoms with Crippen LogP contribution in [0.15, 0.2) is 16.6 Å². The van der Waals surface area contributed by atoms with Crippen LogP contribution in [-0.4, -0.2) is 22.2 Å². The number of benzene rings is 1. The second-order valence-corrected chi connectivity index (χ2v) is 8.71. The van der Waals surface area contributed by atoms with Crippen LogP contribution in [0.2, 0.25) is 0 Å². The van der Waals surface area contributed by atoms with Gasteiger partial charge in [-0.1, -0.05) is 0 Å². The highest BCUT2D eigenvalue weighted by atomic mass is 79.9. The predicted molar refractivity (Wildman–Crippen MR) is 95.9 cm³/mol. The van der Waals surface area contributed by atoms with Crippen molar-refractivity contribution in [1.82, 2.24) is 4.72 Å². The summed E-state index contributed by atoms with van der Waals surface area (Å²) in [6.07, 6.45) is 0. The van der Waals surface area contributed by atoms with Gasteiger partial charge in [-0.25, -0.2) is 8.93 Å². The molecular weight excluding hydrogens is 366 g/mol. The zero-order chi connectivity index (χ0) is 16.9. The van der Waals surface area contributed by atoms with E-state index in [1.165, 1.54) is 0 Å². The minimum absolute atomic E-state index is 0.0772. The topological polar surface area (TPSA) is 47.6 Å². The largest absolute Gasteiger partial charge is 0.493 e. The third kappa shape index (κ3) is 5.25. The van der Waals surface area contributed by atoms with Crippen molar-refractivity contribution in [3.63, 3.8) is 0 Å². The summed E-state index contributed by atoms with van der Waals surface area (Å²) in [6, 6.07) is 3.83. The molecule has 0 spiro atoms. The van der Waals surface area contributed by atoms with Gasteiger partial charge in [0.15, 0.2) is 0 Å². The van der Waals surface area contributed by atoms with E-state index in [1.54, 1.807) is 0 Å². The third-order valence-electron chi connectivity index (χ3n) is 2.97. The number of nitrogens with one attached hydrogen (secondary N) is 1. The maximum atomic E-state index is 12.3. The highest BCUT2D eigenvalue weighted by Gasteiger charge is 2.23. The molecule has 1 rings (SSSR count). The molecule has 0 unspecified atom stereocenters. The Balaban J connectivity index is 3.09. The van der Waals surface area contributed by atoms with E-state index in [-0.39, 0.29) is 10.8 Å². The van der Waals surface area contributed by atoms with Crippen LogP contribution >= 0.6 is 15.9 Å². The van der Waals surface area contributed by atoms with Crippen LogP contribution in [0, 0.1) is 0 Å². The standard InChI is InChI=1S/C16H26BrNO3S/c1-7-20-13-9-12(10-14(15(13)17)21-8-2)11(3)18-22(19)16(4,5)6/h9-11,18H,7-8H2,1-6H3/t11-,22-/m0/s1. The van der Waals surface area contributed by atoms with E-state index in [4.69, 9.17) is 9.47 Å². The highest BCUT2D eigenvalue weighted by Crippen LogP contribution is 2.38. The lowest BCUT2D eigenvalue weighted by Gasteiger charge is -2.23. The monoisotopic (exact) mass is 391 g/mol. The molecule has 0 saturated heterocycles. The summed E-state index contributed by atoms with van der Waals surface area (Å²) in [5.74, 6) is 1.47. The van der Waals surface area contributed by atoms with Crippen molar-refractivity contribution >= 4 is 26.9 Å². The van der Waals surface area contributed by atoms with E-state index in [9.17, 15) is 4.21 Å². The predicted octanol–water partition coefficient (Wildman–Crippen LogP) is 4.36. The normalized spacial score (nSPS) is 14.5. The molecule has 1 aromatic rings. The highest BCUT2D eigenvalue weighted by molar-refractivity contribution is 9.10. The van der Waals surface area contributed by atoms with Crippen molar-refractivity contribution < 1.29 is 13.7 Å². The number of hydrogen-bond acceptors (Lipinski definition) is 3. The summed E-state index contributed by atoms with van der Waals surface area (Å²) in [7, 11) is -1.14. The van der Waals surface area contributed by atoms with Crippen molar-refractivity contribution in [1.29, 1.82) is 0 Å². The van der Waals surface area contributed by atoms with Gasteiger partial charge in [-0.05, 0) is 75.2 Å². The van der Waals surface area contributed by atoms with Crippen molar-refractivity contribution in [2.75, 3.05) is 13.2 Å². The van der Waals surface area contributed by atoms with Crippen molar-refractivity contribution in [3.8, 4) is 11.5 Å². The summed E-state index contributed by atoms with van der Waals surface area (Å²) in [6.45, 7) is 12.8. The molecule has 1 aromatic carbocycles. The molecule has 126 valence electrons. The van der Waals surface area contributed by atoms with Gasteiger partial charge in [0.2, 0.25) is 0 Å². The van der Waals surface area contributed by atoms with E-state index in [0.29, 0.717) is 13.2 Å². The molecular formula is C16H26BrNO3S. The van der Waals surface area contributed by atoms with Crippen LogP contribution in [0.5, 0.6) is 11.5 Å². The van der Waals surface area contributed by atoms with Crippen LogP contribution in [0.1, 0.15) is 53.1 Å². The fraction of sp³-hybridized carbons (Fsp3) is 0.625. The van der Waals surface area contributed by atoms with Gasteiger partial charge in [0, 0.05) is 6.04 Å². The summed E-state index contributed by atoms with van der Waals surface area (Å²) in [4.78, 5) is 0. The van der Waals surface area contributed by atoms with Gasteiger partial charge in [-0.15, -0.1) is 0 Å². The summed E-state index contributed by atoms with van der Waals surface area (Å²) < 4.78 is 27.2. The van der Waals surface area contributed by atoms with Gasteiger partial charge < -0.3 is 9.47 Å². The molecule has 22 heavy (non-hydrogen) atoms. The maximum absolute atomic E-state index is 12.3. The first kappa shape index (κ1) is 19.5. The second kappa shape index (κ2) is 8.31. The molecule has 0 saturated carbocycles. The molecule has 4 nitrogen and oxygen atoms in total. The summed E-state index contributed by atoms with van der Waals surface area (Å²) in [5, 5.41) is 0. The molecule has 0 aromatic heterocycles. The average molecular weight is 392 g/mol. The fourth-order valence-corrected chi connectivity index (χ4v) is 3.04. The van der Waals surface area contributed by atoms with E-state index in [1.807, 2.05) is 53.7 Å². The van der Waals surface area contributed by atoms with Gasteiger partial charge >= 0.3 is 0 Å².